The number of carbonyl (C=O) groups is 1. The Kier molecular flexibility index (Phi) is 4.82. The van der Waals surface area contributed by atoms with Crippen LogP contribution in [0.3, 0.4) is 0 Å². The third-order valence-electron chi connectivity index (χ3n) is 5.51. The summed E-state index contributed by atoms with van der Waals surface area (Å²) in [4.78, 5) is 13.0. The van der Waals surface area contributed by atoms with Crippen molar-refractivity contribution in [1.82, 2.24) is 5.32 Å². The number of piperidine rings is 1. The van der Waals surface area contributed by atoms with E-state index in [4.69, 9.17) is 4.74 Å². The highest BCUT2D eigenvalue weighted by Crippen LogP contribution is 2.42. The Morgan fingerprint density at radius 2 is 1.82 bits per heavy atom. The van der Waals surface area contributed by atoms with Gasteiger partial charge in [-0.3, -0.25) is 4.79 Å². The predicted molar refractivity (Wildman–Crippen MR) is 87.7 cm³/mol. The van der Waals surface area contributed by atoms with Crippen molar-refractivity contribution in [1.29, 1.82) is 0 Å². The molecule has 2 fully saturated rings. The highest BCUT2D eigenvalue weighted by molar-refractivity contribution is 5.83. The van der Waals surface area contributed by atoms with Crippen molar-refractivity contribution in [2.45, 2.75) is 57.0 Å². The topological polar surface area (TPSA) is 38.3 Å². The van der Waals surface area contributed by atoms with Crippen LogP contribution in [0.1, 0.15) is 51.0 Å². The molecule has 1 aromatic rings. The predicted octanol–water partition coefficient (Wildman–Crippen LogP) is 3.43. The van der Waals surface area contributed by atoms with E-state index in [1.54, 1.807) is 0 Å². The number of rotatable bonds is 4. The summed E-state index contributed by atoms with van der Waals surface area (Å²) < 4.78 is 5.96. The summed E-state index contributed by atoms with van der Waals surface area (Å²) in [6.07, 6.45) is 6.32. The third-order valence-corrected chi connectivity index (χ3v) is 5.51. The molecule has 0 aromatic heterocycles. The zero-order chi connectivity index (χ0) is 15.4. The van der Waals surface area contributed by atoms with Crippen LogP contribution in [0.2, 0.25) is 0 Å². The van der Waals surface area contributed by atoms with Gasteiger partial charge < -0.3 is 10.1 Å². The van der Waals surface area contributed by atoms with Crippen LogP contribution < -0.4 is 5.32 Å². The second kappa shape index (κ2) is 6.82. The van der Waals surface area contributed by atoms with Gasteiger partial charge in [-0.15, -0.1) is 0 Å². The first-order chi connectivity index (χ1) is 10.7. The molecule has 1 heterocycles. The maximum Gasteiger partial charge on any atom is 0.316 e. The van der Waals surface area contributed by atoms with E-state index in [0.29, 0.717) is 5.92 Å². The fourth-order valence-electron chi connectivity index (χ4n) is 4.04. The van der Waals surface area contributed by atoms with Gasteiger partial charge in [0.25, 0.3) is 0 Å². The van der Waals surface area contributed by atoms with Crippen LogP contribution in [0.4, 0.5) is 0 Å². The van der Waals surface area contributed by atoms with E-state index in [0.717, 1.165) is 57.2 Å². The van der Waals surface area contributed by atoms with Crippen molar-refractivity contribution in [3.05, 3.63) is 35.9 Å². The van der Waals surface area contributed by atoms with Crippen LogP contribution in [0.5, 0.6) is 0 Å². The Bertz CT molecular complexity index is 487. The molecule has 22 heavy (non-hydrogen) atoms. The van der Waals surface area contributed by atoms with Gasteiger partial charge in [0, 0.05) is 0 Å². The minimum atomic E-state index is -0.400. The summed E-state index contributed by atoms with van der Waals surface area (Å²) >= 11 is 0. The molecule has 0 radical (unpaired) electrons. The lowest BCUT2D eigenvalue weighted by Crippen LogP contribution is -2.40. The average Bonchev–Trinajstić information content (AvgIpc) is 3.07. The maximum atomic E-state index is 13.0. The largest absolute Gasteiger partial charge is 0.462 e. The van der Waals surface area contributed by atoms with Gasteiger partial charge in [-0.05, 0) is 57.2 Å². The molecule has 1 aliphatic heterocycles. The zero-order valence-electron chi connectivity index (χ0n) is 13.5. The van der Waals surface area contributed by atoms with Crippen LogP contribution in [0.15, 0.2) is 30.3 Å². The minimum absolute atomic E-state index is 0.00207. The summed E-state index contributed by atoms with van der Waals surface area (Å²) in [5.74, 6) is 0.502. The maximum absolute atomic E-state index is 13.0. The van der Waals surface area contributed by atoms with Crippen LogP contribution >= 0.6 is 0 Å². The molecule has 3 nitrogen and oxygen atoms in total. The van der Waals surface area contributed by atoms with Gasteiger partial charge in [-0.25, -0.2) is 0 Å². The summed E-state index contributed by atoms with van der Waals surface area (Å²) in [6.45, 7) is 4.15. The molecule has 0 unspecified atom stereocenters. The SMILES string of the molecule is C[C@H](OC(=O)C1(c2ccccc2)CCCC1)C1CCNCC1. The molecule has 1 saturated heterocycles. The fourth-order valence-corrected chi connectivity index (χ4v) is 4.04. The fraction of sp³-hybridized carbons (Fsp3) is 0.632. The molecule has 1 aromatic carbocycles. The van der Waals surface area contributed by atoms with E-state index >= 15 is 0 Å². The first-order valence-electron chi connectivity index (χ1n) is 8.70. The quantitative estimate of drug-likeness (QED) is 0.866. The summed E-state index contributed by atoms with van der Waals surface area (Å²) in [5, 5.41) is 3.37. The van der Waals surface area contributed by atoms with E-state index in [-0.39, 0.29) is 12.1 Å². The van der Waals surface area contributed by atoms with Gasteiger partial charge in [0.2, 0.25) is 0 Å². The van der Waals surface area contributed by atoms with Crippen molar-refractivity contribution < 1.29 is 9.53 Å². The number of carbonyl (C=O) groups excluding carboxylic acids is 1. The summed E-state index contributed by atoms with van der Waals surface area (Å²) in [6, 6.07) is 10.2. The third kappa shape index (κ3) is 3.05. The Balaban J connectivity index is 1.73. The van der Waals surface area contributed by atoms with E-state index in [9.17, 15) is 4.79 Å². The number of ether oxygens (including phenoxy) is 1. The Morgan fingerprint density at radius 1 is 1.18 bits per heavy atom. The smallest absolute Gasteiger partial charge is 0.316 e. The number of esters is 1. The van der Waals surface area contributed by atoms with Gasteiger partial charge >= 0.3 is 5.97 Å². The lowest BCUT2D eigenvalue weighted by Gasteiger charge is -2.33. The molecule has 120 valence electrons. The molecule has 1 N–H and O–H groups in total. The molecule has 3 heteroatoms. The van der Waals surface area contributed by atoms with Crippen molar-refractivity contribution >= 4 is 5.97 Å². The Labute approximate surface area is 133 Å². The van der Waals surface area contributed by atoms with Gasteiger partial charge in [0.1, 0.15) is 6.10 Å². The highest BCUT2D eigenvalue weighted by atomic mass is 16.5. The number of hydrogen-bond acceptors (Lipinski definition) is 3. The van der Waals surface area contributed by atoms with Gasteiger partial charge in [-0.2, -0.15) is 0 Å². The van der Waals surface area contributed by atoms with Gasteiger partial charge in [0.05, 0.1) is 5.41 Å². The molecule has 1 aliphatic carbocycles. The molecule has 3 rings (SSSR count). The van der Waals surface area contributed by atoms with E-state index in [2.05, 4.69) is 24.4 Å². The number of benzene rings is 1. The second-order valence-corrected chi connectivity index (χ2v) is 6.85. The normalized spacial score (nSPS) is 23.1. The van der Waals surface area contributed by atoms with Crippen molar-refractivity contribution in [2.75, 3.05) is 13.1 Å². The first kappa shape index (κ1) is 15.5. The highest BCUT2D eigenvalue weighted by Gasteiger charge is 2.45. The average molecular weight is 301 g/mol. The summed E-state index contributed by atoms with van der Waals surface area (Å²) in [7, 11) is 0. The van der Waals surface area contributed by atoms with Crippen molar-refractivity contribution in [2.24, 2.45) is 5.92 Å². The molecule has 0 bridgehead atoms. The molecule has 1 saturated carbocycles. The molecular formula is C19H27NO2. The number of hydrogen-bond donors (Lipinski definition) is 1. The summed E-state index contributed by atoms with van der Waals surface area (Å²) in [5.41, 5.74) is 0.734. The standard InChI is InChI=1S/C19H27NO2/c1-15(16-9-13-20-14-10-16)22-18(21)19(11-5-6-12-19)17-7-3-2-4-8-17/h2-4,7-8,15-16,20H,5-6,9-14H2,1H3/t15-/m0/s1. The van der Waals surface area contributed by atoms with Gasteiger partial charge in [0.15, 0.2) is 0 Å². The van der Waals surface area contributed by atoms with Crippen molar-refractivity contribution in [3.63, 3.8) is 0 Å². The molecule has 0 spiro atoms. The second-order valence-electron chi connectivity index (χ2n) is 6.85. The minimum Gasteiger partial charge on any atom is -0.462 e. The molecule has 1 atom stereocenters. The Hall–Kier alpha value is -1.35. The van der Waals surface area contributed by atoms with E-state index in [1.165, 1.54) is 0 Å². The first-order valence-corrected chi connectivity index (χ1v) is 8.70. The van der Waals surface area contributed by atoms with Gasteiger partial charge in [-0.1, -0.05) is 43.2 Å². The molecule has 2 aliphatic rings. The van der Waals surface area contributed by atoms with Crippen LogP contribution in [0, 0.1) is 5.92 Å². The molecular weight excluding hydrogens is 274 g/mol. The molecule has 0 amide bonds. The lowest BCUT2D eigenvalue weighted by molar-refractivity contribution is -0.158. The lowest BCUT2D eigenvalue weighted by atomic mass is 9.79. The van der Waals surface area contributed by atoms with Crippen molar-refractivity contribution in [3.8, 4) is 0 Å². The monoisotopic (exact) mass is 301 g/mol. The Morgan fingerprint density at radius 3 is 2.45 bits per heavy atom. The van der Waals surface area contributed by atoms with E-state index < -0.39 is 5.41 Å². The van der Waals surface area contributed by atoms with Crippen LogP contribution in [-0.2, 0) is 14.9 Å². The zero-order valence-corrected chi connectivity index (χ0v) is 13.5. The number of nitrogens with one attached hydrogen (secondary N) is 1. The van der Waals surface area contributed by atoms with E-state index in [1.807, 2.05) is 18.2 Å². The van der Waals surface area contributed by atoms with Crippen LogP contribution in [0.25, 0.3) is 0 Å². The van der Waals surface area contributed by atoms with Crippen LogP contribution in [-0.4, -0.2) is 25.2 Å².